The van der Waals surface area contributed by atoms with E-state index in [-0.39, 0.29) is 0 Å². The first-order valence-electron chi connectivity index (χ1n) is 3.72. The van der Waals surface area contributed by atoms with E-state index >= 15 is 0 Å². The molecule has 0 spiro atoms. The van der Waals surface area contributed by atoms with Crippen molar-refractivity contribution in [2.45, 2.75) is 0 Å². The highest BCUT2D eigenvalue weighted by atomic mass is 35.5. The van der Waals surface area contributed by atoms with Crippen molar-refractivity contribution in [3.05, 3.63) is 33.9 Å². The van der Waals surface area contributed by atoms with Gasteiger partial charge in [0.1, 0.15) is 5.16 Å². The average Bonchev–Trinajstić information content (AvgIpc) is 2.28. The molecule has 0 aromatic heterocycles. The highest BCUT2D eigenvalue weighted by molar-refractivity contribution is 6.35. The predicted molar refractivity (Wildman–Crippen MR) is 57.4 cm³/mol. The molecule has 4 heteroatoms. The Morgan fingerprint density at radius 2 is 2.08 bits per heavy atom. The monoisotopic (exact) mass is 212 g/mol. The summed E-state index contributed by atoms with van der Waals surface area (Å²) in [5.74, 6) is 0. The molecule has 0 bridgehead atoms. The minimum absolute atomic E-state index is 0.416. The number of fused-ring (bicyclic) bond motifs is 1. The lowest BCUT2D eigenvalue weighted by Crippen LogP contribution is -1.94. The summed E-state index contributed by atoms with van der Waals surface area (Å²) in [5, 5.41) is 4.06. The van der Waals surface area contributed by atoms with Gasteiger partial charge in [0.2, 0.25) is 0 Å². The second kappa shape index (κ2) is 3.40. The Bertz CT molecular complexity index is 397. The van der Waals surface area contributed by atoms with E-state index in [1.54, 1.807) is 12.4 Å². The molecule has 2 rings (SSSR count). The molecular formula is C9H6Cl2N2. The molecule has 2 nitrogen and oxygen atoms in total. The number of aliphatic imine (C=N–C) groups is 1. The molecule has 1 N–H and O–H groups in total. The Balaban J connectivity index is 2.62. The minimum atomic E-state index is 0.416. The predicted octanol–water partition coefficient (Wildman–Crippen LogP) is 3.33. The van der Waals surface area contributed by atoms with Crippen molar-refractivity contribution in [3.63, 3.8) is 0 Å². The van der Waals surface area contributed by atoms with Crippen LogP contribution in [0.5, 0.6) is 0 Å². The average molecular weight is 213 g/mol. The fraction of sp³-hybridized carbons (Fsp3) is 0. The molecule has 1 aromatic rings. The van der Waals surface area contributed by atoms with Crippen LogP contribution in [-0.2, 0) is 0 Å². The van der Waals surface area contributed by atoms with Crippen molar-refractivity contribution in [2.24, 2.45) is 4.99 Å². The van der Waals surface area contributed by atoms with Crippen LogP contribution in [0.3, 0.4) is 0 Å². The van der Waals surface area contributed by atoms with E-state index in [0.29, 0.717) is 10.2 Å². The van der Waals surface area contributed by atoms with Gasteiger partial charge in [0.05, 0.1) is 6.34 Å². The van der Waals surface area contributed by atoms with Crippen LogP contribution in [0.4, 0.5) is 5.69 Å². The van der Waals surface area contributed by atoms with E-state index in [0.717, 1.165) is 11.3 Å². The zero-order valence-electron chi connectivity index (χ0n) is 6.59. The molecular weight excluding hydrogens is 207 g/mol. The first-order valence-corrected chi connectivity index (χ1v) is 4.48. The first-order chi connectivity index (χ1) is 6.27. The van der Waals surface area contributed by atoms with Crippen molar-refractivity contribution in [3.8, 4) is 0 Å². The van der Waals surface area contributed by atoms with Gasteiger partial charge >= 0.3 is 0 Å². The summed E-state index contributed by atoms with van der Waals surface area (Å²) < 4.78 is 0. The van der Waals surface area contributed by atoms with Gasteiger partial charge in [-0.25, -0.2) is 4.99 Å². The van der Waals surface area contributed by atoms with Crippen molar-refractivity contribution >= 4 is 41.3 Å². The Kier molecular flexibility index (Phi) is 2.25. The molecule has 1 aliphatic heterocycles. The third-order valence-corrected chi connectivity index (χ3v) is 2.26. The summed E-state index contributed by atoms with van der Waals surface area (Å²) in [6.45, 7) is 0. The molecule has 0 radical (unpaired) electrons. The summed E-state index contributed by atoms with van der Waals surface area (Å²) in [6.07, 6.45) is 3.27. The van der Waals surface area contributed by atoms with Crippen molar-refractivity contribution in [1.82, 2.24) is 0 Å². The zero-order valence-corrected chi connectivity index (χ0v) is 8.10. The van der Waals surface area contributed by atoms with Crippen LogP contribution in [0, 0.1) is 0 Å². The second-order valence-corrected chi connectivity index (χ2v) is 3.37. The number of nitrogens with one attached hydrogen (secondary N) is 1. The normalized spacial score (nSPS) is 14.2. The molecule has 66 valence electrons. The van der Waals surface area contributed by atoms with Gasteiger partial charge < -0.3 is 5.32 Å². The molecule has 0 unspecified atom stereocenters. The fourth-order valence-electron chi connectivity index (χ4n) is 1.13. The van der Waals surface area contributed by atoms with E-state index in [4.69, 9.17) is 23.2 Å². The van der Waals surface area contributed by atoms with E-state index < -0.39 is 0 Å². The zero-order chi connectivity index (χ0) is 9.26. The summed E-state index contributed by atoms with van der Waals surface area (Å²) >= 11 is 11.8. The van der Waals surface area contributed by atoms with Crippen LogP contribution in [0.1, 0.15) is 5.56 Å². The van der Waals surface area contributed by atoms with Crippen LogP contribution in [0.15, 0.2) is 28.3 Å². The molecule has 0 fully saturated rings. The van der Waals surface area contributed by atoms with E-state index in [1.807, 2.05) is 18.2 Å². The quantitative estimate of drug-likeness (QED) is 0.656. The van der Waals surface area contributed by atoms with Crippen molar-refractivity contribution in [1.29, 1.82) is 0 Å². The van der Waals surface area contributed by atoms with E-state index in [1.165, 1.54) is 0 Å². The molecule has 1 heterocycles. The molecule has 13 heavy (non-hydrogen) atoms. The Morgan fingerprint density at radius 3 is 2.92 bits per heavy atom. The molecule has 0 saturated carbocycles. The number of halogens is 2. The SMILES string of the molecule is ClC1=Cc2c(Cl)cccc2NC=N1. The number of hydrogen-bond donors (Lipinski definition) is 1. The largest absolute Gasteiger partial charge is 0.346 e. The second-order valence-electron chi connectivity index (χ2n) is 2.57. The fourth-order valence-corrected chi connectivity index (χ4v) is 1.52. The molecule has 0 amide bonds. The summed E-state index contributed by atoms with van der Waals surface area (Å²) in [5.41, 5.74) is 1.78. The van der Waals surface area contributed by atoms with Gasteiger partial charge in [-0.05, 0) is 18.2 Å². The van der Waals surface area contributed by atoms with Crippen LogP contribution in [0.25, 0.3) is 6.08 Å². The Labute approximate surface area is 85.9 Å². The van der Waals surface area contributed by atoms with Gasteiger partial charge in [-0.15, -0.1) is 0 Å². The molecule has 0 aliphatic carbocycles. The van der Waals surface area contributed by atoms with E-state index in [9.17, 15) is 0 Å². The number of hydrogen-bond acceptors (Lipinski definition) is 2. The molecule has 0 saturated heterocycles. The van der Waals surface area contributed by atoms with Crippen LogP contribution >= 0.6 is 23.2 Å². The lowest BCUT2D eigenvalue weighted by atomic mass is 10.2. The van der Waals surface area contributed by atoms with E-state index in [2.05, 4.69) is 10.3 Å². The van der Waals surface area contributed by atoms with Crippen LogP contribution in [-0.4, -0.2) is 6.34 Å². The van der Waals surface area contributed by atoms with Crippen molar-refractivity contribution in [2.75, 3.05) is 5.32 Å². The third kappa shape index (κ3) is 1.69. The Hall–Kier alpha value is -0.990. The maximum Gasteiger partial charge on any atom is 0.131 e. The smallest absolute Gasteiger partial charge is 0.131 e. The third-order valence-electron chi connectivity index (χ3n) is 1.72. The minimum Gasteiger partial charge on any atom is -0.346 e. The maximum atomic E-state index is 5.98. The topological polar surface area (TPSA) is 24.4 Å². The highest BCUT2D eigenvalue weighted by Gasteiger charge is 2.06. The number of nitrogens with zero attached hydrogens (tertiary/aromatic N) is 1. The lowest BCUT2D eigenvalue weighted by molar-refractivity contribution is 1.56. The lowest BCUT2D eigenvalue weighted by Gasteiger charge is -2.04. The molecule has 1 aromatic carbocycles. The van der Waals surface area contributed by atoms with Gasteiger partial charge in [-0.2, -0.15) is 0 Å². The number of rotatable bonds is 0. The first kappa shape index (κ1) is 8.60. The van der Waals surface area contributed by atoms with Crippen molar-refractivity contribution < 1.29 is 0 Å². The van der Waals surface area contributed by atoms with Gasteiger partial charge in [0.15, 0.2) is 0 Å². The highest BCUT2D eigenvalue weighted by Crippen LogP contribution is 2.28. The van der Waals surface area contributed by atoms with Crippen LogP contribution in [0.2, 0.25) is 5.02 Å². The summed E-state index contributed by atoms with van der Waals surface area (Å²) in [4.78, 5) is 3.91. The number of benzene rings is 1. The van der Waals surface area contributed by atoms with Crippen LogP contribution < -0.4 is 5.32 Å². The summed E-state index contributed by atoms with van der Waals surface area (Å²) in [7, 11) is 0. The summed E-state index contributed by atoms with van der Waals surface area (Å²) in [6, 6.07) is 5.60. The molecule has 0 atom stereocenters. The van der Waals surface area contributed by atoms with Gasteiger partial charge in [0, 0.05) is 16.3 Å². The van der Waals surface area contributed by atoms with Gasteiger partial charge in [0.25, 0.3) is 0 Å². The maximum absolute atomic E-state index is 5.98. The Morgan fingerprint density at radius 1 is 1.23 bits per heavy atom. The molecule has 1 aliphatic rings. The van der Waals surface area contributed by atoms with Gasteiger partial charge in [-0.3, -0.25) is 0 Å². The van der Waals surface area contributed by atoms with Gasteiger partial charge in [-0.1, -0.05) is 29.3 Å². The number of anilines is 1. The standard InChI is InChI=1S/C9H6Cl2N2/c10-7-2-1-3-8-6(7)4-9(11)13-5-12-8/h1-5H,(H,12,13).